The lowest BCUT2D eigenvalue weighted by atomic mass is 10.1. The molecule has 4 bridgehead atoms. The van der Waals surface area contributed by atoms with Crippen molar-refractivity contribution in [3.8, 4) is 5.88 Å². The van der Waals surface area contributed by atoms with Crippen LogP contribution in [0.25, 0.3) is 16.8 Å². The molecular formula is C36H45N5O9S. The van der Waals surface area contributed by atoms with Crippen LogP contribution in [0.4, 0.5) is 4.79 Å². The zero-order valence-electron chi connectivity index (χ0n) is 29.1. The number of ether oxygens (including phenoxy) is 3. The maximum absolute atomic E-state index is 14.4. The van der Waals surface area contributed by atoms with E-state index in [1.54, 1.807) is 6.20 Å². The molecule has 3 fully saturated rings. The van der Waals surface area contributed by atoms with Gasteiger partial charge in [-0.2, -0.15) is 0 Å². The van der Waals surface area contributed by atoms with Gasteiger partial charge in [-0.1, -0.05) is 30.4 Å². The number of rotatable bonds is 8. The molecule has 3 N–H and O–H groups in total. The SMILES string of the molecule is C=C[C@@H]1CC1(NC(=O)[C@@H]1C[C@@H]2CN1C(=O)[C@H](COC(C)(C)C)NC(=O)OCCC/C=C/c1ccc3ccnc(c3c1)O2)C(=O)NS(=O)(=O)C1CC1. The number of nitrogens with zero attached hydrogens (tertiary/aromatic N) is 2. The third kappa shape index (κ3) is 8.36. The standard InChI is InChI=1S/C36H45N5O9S/c1-5-24-19-36(24,33(44)40-51(46,47)26-12-13-26)39-30(42)29-18-25-20-41(29)32(43)28(21-49-35(2,3)4)38-34(45)48-16-8-6-7-9-22-10-11-23-14-15-37-31(50-25)27(23)17-22/h5,7,9-11,14-15,17,24-26,28-29H,1,6,8,12-13,16,18-21H2,2-4H3,(H,38,45)(H,39,42)(H,40,44)/b9-7+/t24-,25-,28+,29+,36?/m1/s1. The predicted octanol–water partition coefficient (Wildman–Crippen LogP) is 2.97. The van der Waals surface area contributed by atoms with E-state index >= 15 is 0 Å². The molecule has 5 atom stereocenters. The van der Waals surface area contributed by atoms with Crippen LogP contribution in [-0.4, -0.2) is 96.5 Å². The monoisotopic (exact) mass is 723 g/mol. The van der Waals surface area contributed by atoms with Crippen molar-refractivity contribution in [3.63, 3.8) is 0 Å². The van der Waals surface area contributed by atoms with Gasteiger partial charge in [0.2, 0.25) is 27.7 Å². The molecule has 1 aromatic heterocycles. The average Bonchev–Trinajstić information content (AvgIpc) is 4.00. The fraction of sp³-hybridized carbons (Fsp3) is 0.528. The Bertz CT molecular complexity index is 1850. The largest absolute Gasteiger partial charge is 0.472 e. The first kappa shape index (κ1) is 36.3. The highest BCUT2D eigenvalue weighted by atomic mass is 32.2. The number of hydrogen-bond acceptors (Lipinski definition) is 10. The van der Waals surface area contributed by atoms with E-state index < -0.39 is 74.3 Å². The van der Waals surface area contributed by atoms with Crippen LogP contribution in [-0.2, 0) is 33.9 Å². The second-order valence-electron chi connectivity index (χ2n) is 14.6. The summed E-state index contributed by atoms with van der Waals surface area (Å²) in [5, 5.41) is 6.39. The molecule has 1 unspecified atom stereocenters. The average molecular weight is 724 g/mol. The molecule has 1 aromatic carbocycles. The predicted molar refractivity (Wildman–Crippen MR) is 188 cm³/mol. The van der Waals surface area contributed by atoms with Gasteiger partial charge >= 0.3 is 6.09 Å². The Morgan fingerprint density at radius 2 is 2.00 bits per heavy atom. The maximum Gasteiger partial charge on any atom is 0.407 e. The number of sulfonamides is 1. The molecule has 2 aliphatic carbocycles. The number of hydrogen-bond donors (Lipinski definition) is 3. The van der Waals surface area contributed by atoms with Crippen LogP contribution >= 0.6 is 0 Å². The number of aromatic nitrogens is 1. The quantitative estimate of drug-likeness (QED) is 0.343. The Labute approximate surface area is 297 Å². The fourth-order valence-corrected chi connectivity index (χ4v) is 7.75. The number of fused-ring (bicyclic) bond motifs is 3. The van der Waals surface area contributed by atoms with Crippen LogP contribution in [0.5, 0.6) is 5.88 Å². The minimum absolute atomic E-state index is 0.0172. The Morgan fingerprint density at radius 1 is 1.22 bits per heavy atom. The molecule has 2 aromatic rings. The lowest BCUT2D eigenvalue weighted by molar-refractivity contribution is -0.143. The zero-order valence-corrected chi connectivity index (χ0v) is 29.9. The van der Waals surface area contributed by atoms with Crippen LogP contribution in [0, 0.1) is 5.92 Å². The summed E-state index contributed by atoms with van der Waals surface area (Å²) in [6, 6.07) is 5.34. The number of amides is 4. The summed E-state index contributed by atoms with van der Waals surface area (Å²) in [5.41, 5.74) is -1.31. The maximum atomic E-state index is 14.4. The number of nitrogens with one attached hydrogen (secondary N) is 3. The van der Waals surface area contributed by atoms with Crippen LogP contribution in [0.15, 0.2) is 49.2 Å². The number of carbonyl (C=O) groups is 4. The molecule has 2 aliphatic heterocycles. The van der Waals surface area contributed by atoms with Crippen LogP contribution < -0.4 is 20.1 Å². The molecule has 4 amide bonds. The highest BCUT2D eigenvalue weighted by Crippen LogP contribution is 2.45. The van der Waals surface area contributed by atoms with E-state index in [9.17, 15) is 27.6 Å². The zero-order chi connectivity index (χ0) is 36.6. The lowest BCUT2D eigenvalue weighted by Crippen LogP contribution is -2.59. The van der Waals surface area contributed by atoms with Crippen LogP contribution in [0.3, 0.4) is 0 Å². The molecule has 51 heavy (non-hydrogen) atoms. The summed E-state index contributed by atoms with van der Waals surface area (Å²) in [6.45, 7) is 9.02. The van der Waals surface area contributed by atoms with Gasteiger partial charge in [0.15, 0.2) is 0 Å². The third-order valence-corrected chi connectivity index (χ3v) is 11.3. The number of cyclic esters (lactones) is 1. The highest BCUT2D eigenvalue weighted by molar-refractivity contribution is 7.91. The van der Waals surface area contributed by atoms with Gasteiger partial charge in [0.25, 0.3) is 5.91 Å². The topological polar surface area (TPSA) is 182 Å². The smallest absolute Gasteiger partial charge is 0.407 e. The van der Waals surface area contributed by atoms with Gasteiger partial charge in [0.1, 0.15) is 23.7 Å². The van der Waals surface area contributed by atoms with Crippen molar-refractivity contribution in [2.24, 2.45) is 5.92 Å². The van der Waals surface area contributed by atoms with Crippen molar-refractivity contribution >= 4 is 50.7 Å². The molecule has 3 heterocycles. The molecule has 0 spiro atoms. The molecule has 0 radical (unpaired) electrons. The van der Waals surface area contributed by atoms with Crippen molar-refractivity contribution in [1.82, 2.24) is 25.2 Å². The van der Waals surface area contributed by atoms with Crippen molar-refractivity contribution < 1.29 is 41.8 Å². The fourth-order valence-electron chi connectivity index (χ4n) is 6.39. The molecule has 15 heteroatoms. The number of alkyl carbamates (subject to hydrolysis) is 1. The Balaban J connectivity index is 1.32. The Kier molecular flexibility index (Phi) is 10.1. The number of benzene rings is 1. The van der Waals surface area contributed by atoms with E-state index in [0.717, 1.165) is 16.3 Å². The molecule has 4 aliphatic rings. The first-order valence-corrected chi connectivity index (χ1v) is 18.8. The summed E-state index contributed by atoms with van der Waals surface area (Å²) in [6.07, 6.45) is 7.79. The third-order valence-electron chi connectivity index (χ3n) is 9.46. The number of carbonyl (C=O) groups excluding carboxylic acids is 4. The Morgan fingerprint density at radius 3 is 2.71 bits per heavy atom. The second-order valence-corrected chi connectivity index (χ2v) is 16.5. The van der Waals surface area contributed by atoms with Gasteiger partial charge in [0, 0.05) is 23.9 Å². The summed E-state index contributed by atoms with van der Waals surface area (Å²) in [7, 11) is -3.90. The van der Waals surface area contributed by atoms with Gasteiger partial charge in [-0.05, 0) is 76.0 Å². The van der Waals surface area contributed by atoms with Crippen molar-refractivity contribution in [2.45, 2.75) is 93.9 Å². The minimum Gasteiger partial charge on any atom is -0.472 e. The van der Waals surface area contributed by atoms with E-state index in [1.165, 1.54) is 11.0 Å². The van der Waals surface area contributed by atoms with Gasteiger partial charge in [-0.25, -0.2) is 18.2 Å². The van der Waals surface area contributed by atoms with E-state index in [2.05, 4.69) is 26.9 Å². The number of pyridine rings is 1. The summed E-state index contributed by atoms with van der Waals surface area (Å²) in [5.74, 6) is -2.35. The van der Waals surface area contributed by atoms with Gasteiger partial charge in [-0.15, -0.1) is 6.58 Å². The summed E-state index contributed by atoms with van der Waals surface area (Å²) >= 11 is 0. The Hall–Kier alpha value is -4.50. The van der Waals surface area contributed by atoms with Crippen LogP contribution in [0.1, 0.15) is 64.9 Å². The number of allylic oxidation sites excluding steroid dienone is 1. The molecule has 2 saturated carbocycles. The molecule has 6 rings (SSSR count). The normalized spacial score (nSPS) is 27.7. The second kappa shape index (κ2) is 14.3. The first-order valence-electron chi connectivity index (χ1n) is 17.3. The molecular weight excluding hydrogens is 678 g/mol. The summed E-state index contributed by atoms with van der Waals surface area (Å²) < 4.78 is 45.2. The lowest BCUT2D eigenvalue weighted by Gasteiger charge is -2.31. The first-order chi connectivity index (χ1) is 24.2. The molecule has 14 nitrogen and oxygen atoms in total. The van der Waals surface area contributed by atoms with E-state index in [4.69, 9.17) is 14.2 Å². The van der Waals surface area contributed by atoms with Crippen LogP contribution in [0.2, 0.25) is 0 Å². The molecule has 274 valence electrons. The minimum atomic E-state index is -3.90. The molecule has 1 saturated heterocycles. The van der Waals surface area contributed by atoms with E-state index in [-0.39, 0.29) is 32.6 Å². The van der Waals surface area contributed by atoms with Crippen molar-refractivity contribution in [2.75, 3.05) is 19.8 Å². The van der Waals surface area contributed by atoms with Gasteiger partial charge in [0.05, 0.1) is 30.6 Å². The van der Waals surface area contributed by atoms with Crippen molar-refractivity contribution in [1.29, 1.82) is 0 Å². The highest BCUT2D eigenvalue weighted by Gasteiger charge is 2.62. The van der Waals surface area contributed by atoms with E-state index in [1.807, 2.05) is 57.2 Å². The summed E-state index contributed by atoms with van der Waals surface area (Å²) in [4.78, 5) is 60.7. The van der Waals surface area contributed by atoms with E-state index in [0.29, 0.717) is 31.6 Å². The van der Waals surface area contributed by atoms with Gasteiger partial charge < -0.3 is 29.7 Å². The van der Waals surface area contributed by atoms with Crippen molar-refractivity contribution in [3.05, 3.63) is 54.8 Å². The van der Waals surface area contributed by atoms with Gasteiger partial charge in [-0.3, -0.25) is 19.1 Å².